The molecule has 0 spiro atoms. The SMILES string of the molecule is COC(=O)c1c(O)cccc1C(Cl)Cl. The Morgan fingerprint density at radius 1 is 1.50 bits per heavy atom. The maximum Gasteiger partial charge on any atom is 0.342 e. The summed E-state index contributed by atoms with van der Waals surface area (Å²) in [5, 5.41) is 9.42. The lowest BCUT2D eigenvalue weighted by Gasteiger charge is -2.09. The molecule has 0 amide bonds. The lowest BCUT2D eigenvalue weighted by molar-refractivity contribution is 0.0596. The third-order valence-corrected chi connectivity index (χ3v) is 2.17. The third-order valence-electron chi connectivity index (χ3n) is 1.70. The number of carbonyl (C=O) groups is 1. The van der Waals surface area contributed by atoms with Gasteiger partial charge in [0.25, 0.3) is 0 Å². The molecule has 0 radical (unpaired) electrons. The third kappa shape index (κ3) is 2.11. The summed E-state index contributed by atoms with van der Waals surface area (Å²) in [7, 11) is 1.22. The molecule has 14 heavy (non-hydrogen) atoms. The minimum absolute atomic E-state index is 0.00463. The highest BCUT2D eigenvalue weighted by atomic mass is 35.5. The Hall–Kier alpha value is -0.930. The largest absolute Gasteiger partial charge is 0.507 e. The molecule has 0 bridgehead atoms. The number of ether oxygens (including phenoxy) is 1. The van der Waals surface area contributed by atoms with Crippen LogP contribution < -0.4 is 0 Å². The summed E-state index contributed by atoms with van der Waals surface area (Å²) in [5.41, 5.74) is 0.338. The van der Waals surface area contributed by atoms with Crippen molar-refractivity contribution in [2.45, 2.75) is 4.84 Å². The zero-order valence-corrected chi connectivity index (χ0v) is 8.84. The number of carbonyl (C=O) groups excluding carboxylic acids is 1. The van der Waals surface area contributed by atoms with Crippen LogP contribution in [0.15, 0.2) is 18.2 Å². The van der Waals surface area contributed by atoms with E-state index in [0.717, 1.165) is 0 Å². The molecule has 0 aromatic heterocycles. The highest BCUT2D eigenvalue weighted by Gasteiger charge is 2.20. The summed E-state index contributed by atoms with van der Waals surface area (Å²) in [6.07, 6.45) is 0. The molecule has 0 aliphatic heterocycles. The number of alkyl halides is 2. The number of benzene rings is 1. The average Bonchev–Trinajstić information content (AvgIpc) is 2.16. The van der Waals surface area contributed by atoms with Gasteiger partial charge in [0.2, 0.25) is 0 Å². The number of phenolic OH excluding ortho intramolecular Hbond substituents is 1. The van der Waals surface area contributed by atoms with E-state index >= 15 is 0 Å². The van der Waals surface area contributed by atoms with Crippen molar-refractivity contribution in [3.05, 3.63) is 29.3 Å². The molecule has 0 fully saturated rings. The minimum Gasteiger partial charge on any atom is -0.507 e. The standard InChI is InChI=1S/C9H8Cl2O3/c1-14-9(13)7-5(8(10)11)3-2-4-6(7)12/h2-4,8,12H,1H3. The zero-order chi connectivity index (χ0) is 10.7. The molecule has 0 atom stereocenters. The number of methoxy groups -OCH3 is 1. The van der Waals surface area contributed by atoms with Gasteiger partial charge in [-0.15, -0.1) is 23.2 Å². The fourth-order valence-electron chi connectivity index (χ4n) is 1.06. The van der Waals surface area contributed by atoms with Crippen molar-refractivity contribution < 1.29 is 14.6 Å². The van der Waals surface area contributed by atoms with Crippen molar-refractivity contribution in [3.63, 3.8) is 0 Å². The van der Waals surface area contributed by atoms with Crippen LogP contribution in [0.25, 0.3) is 0 Å². The van der Waals surface area contributed by atoms with Crippen molar-refractivity contribution in [2.75, 3.05) is 7.11 Å². The van der Waals surface area contributed by atoms with Crippen molar-refractivity contribution in [1.29, 1.82) is 0 Å². The molecule has 0 saturated carbocycles. The lowest BCUT2D eigenvalue weighted by Crippen LogP contribution is -2.05. The molecule has 0 aliphatic rings. The van der Waals surface area contributed by atoms with E-state index in [1.807, 2.05) is 0 Å². The van der Waals surface area contributed by atoms with Crippen LogP contribution in [0.5, 0.6) is 5.75 Å². The van der Waals surface area contributed by atoms with E-state index in [9.17, 15) is 9.90 Å². The zero-order valence-electron chi connectivity index (χ0n) is 7.33. The summed E-state index contributed by atoms with van der Waals surface area (Å²) >= 11 is 11.3. The van der Waals surface area contributed by atoms with Crippen LogP contribution in [0.3, 0.4) is 0 Å². The van der Waals surface area contributed by atoms with Crippen LogP contribution in [0.4, 0.5) is 0 Å². The molecular weight excluding hydrogens is 227 g/mol. The van der Waals surface area contributed by atoms with E-state index in [2.05, 4.69) is 4.74 Å². The number of esters is 1. The molecule has 0 aliphatic carbocycles. The van der Waals surface area contributed by atoms with Crippen LogP contribution in [0.2, 0.25) is 0 Å². The van der Waals surface area contributed by atoms with Crippen LogP contribution >= 0.6 is 23.2 Å². The number of hydrogen-bond donors (Lipinski definition) is 1. The number of rotatable bonds is 2. The fraction of sp³-hybridized carbons (Fsp3) is 0.222. The van der Waals surface area contributed by atoms with Gasteiger partial charge in [-0.25, -0.2) is 4.79 Å². The molecule has 3 nitrogen and oxygen atoms in total. The number of phenols is 1. The van der Waals surface area contributed by atoms with Gasteiger partial charge < -0.3 is 9.84 Å². The van der Waals surface area contributed by atoms with Crippen molar-refractivity contribution in [2.24, 2.45) is 0 Å². The Morgan fingerprint density at radius 3 is 2.64 bits per heavy atom. The van der Waals surface area contributed by atoms with Gasteiger partial charge in [0.15, 0.2) is 0 Å². The van der Waals surface area contributed by atoms with Crippen LogP contribution in [-0.4, -0.2) is 18.2 Å². The quantitative estimate of drug-likeness (QED) is 0.633. The molecule has 1 N–H and O–H groups in total. The summed E-state index contributed by atoms with van der Waals surface area (Å²) in [4.78, 5) is 10.4. The molecule has 1 aromatic rings. The normalized spacial score (nSPS) is 10.3. The van der Waals surface area contributed by atoms with E-state index in [0.29, 0.717) is 5.56 Å². The molecule has 1 aromatic carbocycles. The molecule has 1 rings (SSSR count). The van der Waals surface area contributed by atoms with Gasteiger partial charge >= 0.3 is 5.97 Å². The van der Waals surface area contributed by atoms with Crippen LogP contribution in [0.1, 0.15) is 20.8 Å². The van der Waals surface area contributed by atoms with E-state index in [-0.39, 0.29) is 11.3 Å². The highest BCUT2D eigenvalue weighted by Crippen LogP contribution is 2.32. The Morgan fingerprint density at radius 2 is 2.14 bits per heavy atom. The first kappa shape index (κ1) is 11.1. The van der Waals surface area contributed by atoms with E-state index in [4.69, 9.17) is 23.2 Å². The summed E-state index contributed by atoms with van der Waals surface area (Å²) in [6.45, 7) is 0. The molecule has 0 heterocycles. The Kier molecular flexibility index (Phi) is 3.61. The first-order valence-electron chi connectivity index (χ1n) is 3.76. The molecular formula is C9H8Cl2O3. The monoisotopic (exact) mass is 234 g/mol. The van der Waals surface area contributed by atoms with Gasteiger partial charge in [-0.05, 0) is 6.07 Å². The Labute approximate surface area is 91.2 Å². The second kappa shape index (κ2) is 4.53. The van der Waals surface area contributed by atoms with Gasteiger partial charge in [0.05, 0.1) is 7.11 Å². The minimum atomic E-state index is -0.879. The van der Waals surface area contributed by atoms with E-state index in [1.165, 1.54) is 13.2 Å². The second-order valence-electron chi connectivity index (χ2n) is 2.53. The number of hydrogen-bond acceptors (Lipinski definition) is 3. The Balaban J connectivity index is 3.29. The summed E-state index contributed by atoms with van der Waals surface area (Å²) in [6, 6.07) is 4.47. The predicted octanol–water partition coefficient (Wildman–Crippen LogP) is 2.66. The maximum atomic E-state index is 11.3. The topological polar surface area (TPSA) is 46.5 Å². The fourth-order valence-corrected chi connectivity index (χ4v) is 1.43. The maximum absolute atomic E-state index is 11.3. The predicted molar refractivity (Wildman–Crippen MR) is 53.9 cm³/mol. The number of aromatic hydroxyl groups is 1. The van der Waals surface area contributed by atoms with Gasteiger partial charge in [0.1, 0.15) is 16.1 Å². The highest BCUT2D eigenvalue weighted by molar-refractivity contribution is 6.44. The van der Waals surface area contributed by atoms with E-state index < -0.39 is 10.8 Å². The van der Waals surface area contributed by atoms with Gasteiger partial charge in [-0.1, -0.05) is 12.1 Å². The second-order valence-corrected chi connectivity index (χ2v) is 3.63. The summed E-state index contributed by atoms with van der Waals surface area (Å²) < 4.78 is 4.49. The smallest absolute Gasteiger partial charge is 0.342 e. The lowest BCUT2D eigenvalue weighted by atomic mass is 10.1. The van der Waals surface area contributed by atoms with Crippen molar-refractivity contribution in [1.82, 2.24) is 0 Å². The molecule has 0 saturated heterocycles. The number of halogens is 2. The molecule has 5 heteroatoms. The van der Waals surface area contributed by atoms with Gasteiger partial charge in [-0.3, -0.25) is 0 Å². The van der Waals surface area contributed by atoms with Crippen LogP contribution in [-0.2, 0) is 4.74 Å². The van der Waals surface area contributed by atoms with Gasteiger partial charge in [-0.2, -0.15) is 0 Å². The first-order valence-corrected chi connectivity index (χ1v) is 4.63. The molecule has 0 unspecified atom stereocenters. The average molecular weight is 235 g/mol. The van der Waals surface area contributed by atoms with Crippen molar-refractivity contribution in [3.8, 4) is 5.75 Å². The molecule has 76 valence electrons. The first-order chi connectivity index (χ1) is 6.57. The van der Waals surface area contributed by atoms with E-state index in [1.54, 1.807) is 12.1 Å². The van der Waals surface area contributed by atoms with Crippen LogP contribution in [0, 0.1) is 0 Å². The van der Waals surface area contributed by atoms with Crippen molar-refractivity contribution >= 4 is 29.2 Å². The Bertz CT molecular complexity index is 350. The van der Waals surface area contributed by atoms with Gasteiger partial charge in [0, 0.05) is 5.56 Å². The summed E-state index contributed by atoms with van der Waals surface area (Å²) in [5.74, 6) is -0.856.